The van der Waals surface area contributed by atoms with Gasteiger partial charge in [-0.2, -0.15) is 4.98 Å². The first-order valence-corrected chi connectivity index (χ1v) is 8.34. The van der Waals surface area contributed by atoms with Crippen molar-refractivity contribution in [1.82, 2.24) is 4.98 Å². The van der Waals surface area contributed by atoms with Crippen LogP contribution in [0, 0.1) is 18.8 Å². The van der Waals surface area contributed by atoms with Crippen LogP contribution in [-0.4, -0.2) is 17.5 Å². The average Bonchev–Trinajstić information content (AvgIpc) is 3.35. The molecular formula is C18H22N2O4. The van der Waals surface area contributed by atoms with Crippen LogP contribution < -0.4 is 15.7 Å². The molecule has 3 rings (SSSR count). The number of carbonyl (C=O) groups excluding carboxylic acids is 1. The quantitative estimate of drug-likeness (QED) is 0.879. The molecule has 0 bridgehead atoms. The van der Waals surface area contributed by atoms with E-state index in [0.717, 1.165) is 12.0 Å². The van der Waals surface area contributed by atoms with Gasteiger partial charge in [0.1, 0.15) is 5.52 Å². The standard InChI is InChI=1S/C18H22N2O4/c1-4-12(13-6-7-13)9-23-18-20-16-14(19-11(3)21)8-5-10(2)15(16)17(22)24-18/h5,8,12-13H,4,6-7,9H2,1-3H3,(H,19,21). The van der Waals surface area contributed by atoms with E-state index < -0.39 is 5.63 Å². The van der Waals surface area contributed by atoms with Crippen molar-refractivity contribution < 1.29 is 13.9 Å². The van der Waals surface area contributed by atoms with Crippen molar-refractivity contribution in [3.05, 3.63) is 28.1 Å². The molecule has 1 heterocycles. The summed E-state index contributed by atoms with van der Waals surface area (Å²) in [7, 11) is 0. The minimum Gasteiger partial charge on any atom is -0.450 e. The zero-order valence-electron chi connectivity index (χ0n) is 14.2. The lowest BCUT2D eigenvalue weighted by Crippen LogP contribution is -2.16. The number of aromatic nitrogens is 1. The Bertz CT molecular complexity index is 824. The molecular weight excluding hydrogens is 308 g/mol. The summed E-state index contributed by atoms with van der Waals surface area (Å²) in [6, 6.07) is 3.49. The highest BCUT2D eigenvalue weighted by Gasteiger charge is 2.30. The van der Waals surface area contributed by atoms with Crippen molar-refractivity contribution in [3.8, 4) is 6.08 Å². The summed E-state index contributed by atoms with van der Waals surface area (Å²) >= 11 is 0. The van der Waals surface area contributed by atoms with Crippen molar-refractivity contribution >= 4 is 22.5 Å². The van der Waals surface area contributed by atoms with E-state index >= 15 is 0 Å². The molecule has 0 radical (unpaired) electrons. The van der Waals surface area contributed by atoms with Gasteiger partial charge in [0.05, 0.1) is 17.7 Å². The van der Waals surface area contributed by atoms with E-state index in [1.165, 1.54) is 19.8 Å². The van der Waals surface area contributed by atoms with E-state index in [4.69, 9.17) is 9.15 Å². The molecule has 1 N–H and O–H groups in total. The van der Waals surface area contributed by atoms with Crippen LogP contribution in [0.15, 0.2) is 21.3 Å². The second-order valence-electron chi connectivity index (χ2n) is 6.42. The maximum atomic E-state index is 12.3. The van der Waals surface area contributed by atoms with Crippen LogP contribution in [0.1, 0.15) is 38.7 Å². The maximum absolute atomic E-state index is 12.3. The Balaban J connectivity index is 1.94. The Morgan fingerprint density at radius 1 is 1.46 bits per heavy atom. The van der Waals surface area contributed by atoms with E-state index in [1.807, 2.05) is 0 Å². The minimum atomic E-state index is -0.501. The fourth-order valence-electron chi connectivity index (χ4n) is 3.00. The molecule has 128 valence electrons. The van der Waals surface area contributed by atoms with Gasteiger partial charge in [-0.1, -0.05) is 13.0 Å². The third-order valence-electron chi connectivity index (χ3n) is 4.52. The number of aryl methyl sites for hydroxylation is 1. The van der Waals surface area contributed by atoms with Crippen molar-refractivity contribution in [2.24, 2.45) is 11.8 Å². The zero-order chi connectivity index (χ0) is 17.3. The molecule has 1 atom stereocenters. The van der Waals surface area contributed by atoms with Gasteiger partial charge in [-0.25, -0.2) is 4.79 Å². The van der Waals surface area contributed by atoms with E-state index in [-0.39, 0.29) is 12.0 Å². The first-order chi connectivity index (χ1) is 11.5. The molecule has 1 aliphatic carbocycles. The van der Waals surface area contributed by atoms with Crippen LogP contribution in [-0.2, 0) is 4.79 Å². The molecule has 1 aromatic heterocycles. The highest BCUT2D eigenvalue weighted by Crippen LogP contribution is 2.38. The summed E-state index contributed by atoms with van der Waals surface area (Å²) in [5.74, 6) is 0.942. The van der Waals surface area contributed by atoms with E-state index in [0.29, 0.717) is 35.0 Å². The summed E-state index contributed by atoms with van der Waals surface area (Å²) in [6.07, 6.45) is 3.47. The molecule has 1 saturated carbocycles. The lowest BCUT2D eigenvalue weighted by Gasteiger charge is -2.14. The lowest BCUT2D eigenvalue weighted by atomic mass is 10.0. The van der Waals surface area contributed by atoms with Crippen LogP contribution in [0.25, 0.3) is 10.9 Å². The van der Waals surface area contributed by atoms with Gasteiger partial charge in [0.15, 0.2) is 0 Å². The molecule has 0 spiro atoms. The third kappa shape index (κ3) is 3.42. The third-order valence-corrected chi connectivity index (χ3v) is 4.52. The number of anilines is 1. The molecule has 1 fully saturated rings. The topological polar surface area (TPSA) is 81.4 Å². The van der Waals surface area contributed by atoms with Crippen LogP contribution >= 0.6 is 0 Å². The number of nitrogens with zero attached hydrogens (tertiary/aromatic N) is 1. The second kappa shape index (κ2) is 6.63. The van der Waals surface area contributed by atoms with Gasteiger partial charge in [-0.3, -0.25) is 4.79 Å². The van der Waals surface area contributed by atoms with E-state index in [2.05, 4.69) is 17.2 Å². The SMILES string of the molecule is CCC(COc1nc2c(NC(C)=O)ccc(C)c2c(=O)o1)C1CC1. The monoisotopic (exact) mass is 330 g/mol. The van der Waals surface area contributed by atoms with Crippen LogP contribution in [0.3, 0.4) is 0 Å². The largest absolute Gasteiger partial charge is 0.450 e. The number of nitrogens with one attached hydrogen (secondary N) is 1. The summed E-state index contributed by atoms with van der Waals surface area (Å²) in [4.78, 5) is 28.0. The van der Waals surface area contributed by atoms with Crippen molar-refractivity contribution in [2.45, 2.75) is 40.0 Å². The Kier molecular flexibility index (Phi) is 4.55. The van der Waals surface area contributed by atoms with Gasteiger partial charge in [0.25, 0.3) is 0 Å². The summed E-state index contributed by atoms with van der Waals surface area (Å²) < 4.78 is 10.9. The fourth-order valence-corrected chi connectivity index (χ4v) is 3.00. The molecule has 1 unspecified atom stereocenters. The van der Waals surface area contributed by atoms with Crippen molar-refractivity contribution in [1.29, 1.82) is 0 Å². The van der Waals surface area contributed by atoms with Gasteiger partial charge >= 0.3 is 11.7 Å². The number of ether oxygens (including phenoxy) is 1. The van der Waals surface area contributed by atoms with Crippen LogP contribution in [0.2, 0.25) is 0 Å². The number of benzene rings is 1. The molecule has 0 saturated heterocycles. The Hall–Kier alpha value is -2.37. The fraction of sp³-hybridized carbons (Fsp3) is 0.500. The highest BCUT2D eigenvalue weighted by atomic mass is 16.6. The smallest absolute Gasteiger partial charge is 0.397 e. The second-order valence-corrected chi connectivity index (χ2v) is 6.42. The van der Waals surface area contributed by atoms with E-state index in [9.17, 15) is 9.59 Å². The summed E-state index contributed by atoms with van der Waals surface area (Å²) in [5, 5.41) is 3.06. The number of hydrogen-bond donors (Lipinski definition) is 1. The first-order valence-electron chi connectivity index (χ1n) is 8.34. The Morgan fingerprint density at radius 2 is 2.21 bits per heavy atom. The number of rotatable bonds is 6. The van der Waals surface area contributed by atoms with E-state index in [1.54, 1.807) is 19.1 Å². The van der Waals surface area contributed by atoms with Crippen LogP contribution in [0.5, 0.6) is 6.08 Å². The summed E-state index contributed by atoms with van der Waals surface area (Å²) in [5.41, 5.74) is 1.13. The predicted molar refractivity (Wildman–Crippen MR) is 91.3 cm³/mol. The Labute approximate surface area is 140 Å². The summed E-state index contributed by atoms with van der Waals surface area (Å²) in [6.45, 7) is 5.84. The van der Waals surface area contributed by atoms with Gasteiger partial charge in [0, 0.05) is 6.92 Å². The average molecular weight is 330 g/mol. The molecule has 0 aliphatic heterocycles. The number of carbonyl (C=O) groups is 1. The molecule has 2 aromatic rings. The minimum absolute atomic E-state index is 0.0381. The molecule has 1 aromatic carbocycles. The number of fused-ring (bicyclic) bond motifs is 1. The van der Waals surface area contributed by atoms with Gasteiger partial charge < -0.3 is 14.5 Å². The highest BCUT2D eigenvalue weighted by molar-refractivity contribution is 6.00. The molecule has 6 heteroatoms. The van der Waals surface area contributed by atoms with Gasteiger partial charge in [0.2, 0.25) is 5.91 Å². The maximum Gasteiger partial charge on any atom is 0.397 e. The lowest BCUT2D eigenvalue weighted by molar-refractivity contribution is -0.114. The predicted octanol–water partition coefficient (Wildman–Crippen LogP) is 3.27. The number of amides is 1. The van der Waals surface area contributed by atoms with Crippen LogP contribution in [0.4, 0.5) is 5.69 Å². The normalized spacial score (nSPS) is 15.3. The first kappa shape index (κ1) is 16.5. The number of hydrogen-bond acceptors (Lipinski definition) is 5. The molecule has 24 heavy (non-hydrogen) atoms. The van der Waals surface area contributed by atoms with Gasteiger partial charge in [-0.05, 0) is 49.7 Å². The molecule has 1 aliphatic rings. The Morgan fingerprint density at radius 3 is 2.83 bits per heavy atom. The van der Waals surface area contributed by atoms with Crippen molar-refractivity contribution in [2.75, 3.05) is 11.9 Å². The van der Waals surface area contributed by atoms with Gasteiger partial charge in [-0.15, -0.1) is 0 Å². The molecule has 1 amide bonds. The van der Waals surface area contributed by atoms with Crippen molar-refractivity contribution in [3.63, 3.8) is 0 Å². The zero-order valence-corrected chi connectivity index (χ0v) is 14.2. The molecule has 6 nitrogen and oxygen atoms in total.